The quantitative estimate of drug-likeness (QED) is 0.335. The molecule has 1 heteroatoms. The normalized spacial score (nSPS) is 11.5. The molecule has 0 spiro atoms. The first-order valence-corrected chi connectivity index (χ1v) is 8.21. The molecule has 1 nitrogen and oxygen atoms in total. The average molecular weight is 308 g/mol. The number of rotatable bonds is 1. The molecule has 0 saturated heterocycles. The molecule has 0 atom stereocenters. The van der Waals surface area contributed by atoms with Gasteiger partial charge in [-0.05, 0) is 46.5 Å². The lowest BCUT2D eigenvalue weighted by molar-refractivity contribution is 0.669. The summed E-state index contributed by atoms with van der Waals surface area (Å²) in [5, 5.41) is 4.94. The Balaban J connectivity index is 1.85. The summed E-state index contributed by atoms with van der Waals surface area (Å²) in [4.78, 5) is 0. The maximum absolute atomic E-state index is 6.11. The summed E-state index contributed by atoms with van der Waals surface area (Å²) < 4.78 is 6.11. The fraction of sp³-hybridized carbons (Fsp3) is 0.0435. The van der Waals surface area contributed by atoms with Crippen LogP contribution in [0.3, 0.4) is 0 Å². The zero-order chi connectivity index (χ0) is 16.1. The van der Waals surface area contributed by atoms with Crippen LogP contribution >= 0.6 is 0 Å². The summed E-state index contributed by atoms with van der Waals surface area (Å²) in [6, 6.07) is 27.7. The molecule has 114 valence electrons. The van der Waals surface area contributed by atoms with Crippen molar-refractivity contribution < 1.29 is 4.42 Å². The van der Waals surface area contributed by atoms with Crippen molar-refractivity contribution in [2.45, 2.75) is 6.92 Å². The maximum Gasteiger partial charge on any atom is 0.136 e. The summed E-state index contributed by atoms with van der Waals surface area (Å²) in [6.45, 7) is 2.17. The lowest BCUT2D eigenvalue weighted by Gasteiger charge is -2.08. The van der Waals surface area contributed by atoms with E-state index in [0.29, 0.717) is 0 Å². The Hall–Kier alpha value is -3.06. The van der Waals surface area contributed by atoms with Gasteiger partial charge >= 0.3 is 0 Å². The van der Waals surface area contributed by atoms with E-state index in [-0.39, 0.29) is 0 Å². The van der Waals surface area contributed by atoms with Gasteiger partial charge in [0.05, 0.1) is 0 Å². The molecule has 0 N–H and O–H groups in total. The number of furan rings is 1. The second kappa shape index (κ2) is 4.97. The van der Waals surface area contributed by atoms with Crippen LogP contribution in [0.25, 0.3) is 43.8 Å². The molecule has 0 aliphatic carbocycles. The number of aryl methyl sites for hydroxylation is 1. The van der Waals surface area contributed by atoms with Gasteiger partial charge in [0.2, 0.25) is 0 Å². The Morgan fingerprint density at radius 3 is 2.33 bits per heavy atom. The molecule has 24 heavy (non-hydrogen) atoms. The van der Waals surface area contributed by atoms with Gasteiger partial charge in [0.15, 0.2) is 0 Å². The van der Waals surface area contributed by atoms with Crippen molar-refractivity contribution in [2.24, 2.45) is 0 Å². The van der Waals surface area contributed by atoms with E-state index >= 15 is 0 Å². The smallest absolute Gasteiger partial charge is 0.136 e. The molecule has 0 radical (unpaired) electrons. The highest BCUT2D eigenvalue weighted by Gasteiger charge is 2.12. The van der Waals surface area contributed by atoms with Gasteiger partial charge in [-0.2, -0.15) is 0 Å². The van der Waals surface area contributed by atoms with Crippen LogP contribution < -0.4 is 0 Å². The molecule has 1 aromatic heterocycles. The van der Waals surface area contributed by atoms with E-state index in [2.05, 4.69) is 73.7 Å². The van der Waals surface area contributed by atoms with Crippen LogP contribution in [0.15, 0.2) is 83.3 Å². The van der Waals surface area contributed by atoms with Gasteiger partial charge < -0.3 is 4.42 Å². The molecule has 5 aromatic rings. The average Bonchev–Trinajstić information content (AvgIpc) is 3.00. The van der Waals surface area contributed by atoms with Gasteiger partial charge in [0, 0.05) is 10.8 Å². The SMILES string of the molecule is Cc1cc(-c2cccc3ccccc23)cc2oc3ccccc3c12. The highest BCUT2D eigenvalue weighted by Crippen LogP contribution is 2.36. The predicted octanol–water partition coefficient (Wildman–Crippen LogP) is 6.71. The lowest BCUT2D eigenvalue weighted by Crippen LogP contribution is -1.83. The summed E-state index contributed by atoms with van der Waals surface area (Å²) in [5.41, 5.74) is 5.61. The van der Waals surface area contributed by atoms with E-state index in [1.807, 2.05) is 12.1 Å². The number of benzene rings is 4. The highest BCUT2D eigenvalue weighted by atomic mass is 16.3. The minimum atomic E-state index is 0.950. The first-order chi connectivity index (χ1) is 11.8. The second-order valence-electron chi connectivity index (χ2n) is 6.29. The number of fused-ring (bicyclic) bond motifs is 4. The molecule has 1 heterocycles. The van der Waals surface area contributed by atoms with Crippen molar-refractivity contribution in [3.05, 3.63) is 84.4 Å². The van der Waals surface area contributed by atoms with Crippen molar-refractivity contribution in [3.8, 4) is 11.1 Å². The summed E-state index contributed by atoms with van der Waals surface area (Å²) in [5.74, 6) is 0. The van der Waals surface area contributed by atoms with E-state index < -0.39 is 0 Å². The van der Waals surface area contributed by atoms with Crippen molar-refractivity contribution in [1.82, 2.24) is 0 Å². The number of hydrogen-bond donors (Lipinski definition) is 0. The van der Waals surface area contributed by atoms with E-state index in [1.165, 1.54) is 38.2 Å². The molecule has 0 fully saturated rings. The van der Waals surface area contributed by atoms with E-state index in [1.54, 1.807) is 0 Å². The third-order valence-electron chi connectivity index (χ3n) is 4.78. The predicted molar refractivity (Wildman–Crippen MR) is 101 cm³/mol. The second-order valence-corrected chi connectivity index (χ2v) is 6.29. The van der Waals surface area contributed by atoms with Gasteiger partial charge in [-0.1, -0.05) is 66.7 Å². The molecule has 4 aromatic carbocycles. The van der Waals surface area contributed by atoms with Crippen molar-refractivity contribution in [2.75, 3.05) is 0 Å². The molecule has 0 aliphatic heterocycles. The summed E-state index contributed by atoms with van der Waals surface area (Å²) >= 11 is 0. The number of para-hydroxylation sites is 1. The summed E-state index contributed by atoms with van der Waals surface area (Å²) in [7, 11) is 0. The minimum Gasteiger partial charge on any atom is -0.456 e. The van der Waals surface area contributed by atoms with Gasteiger partial charge in [0.25, 0.3) is 0 Å². The number of hydrogen-bond acceptors (Lipinski definition) is 1. The van der Waals surface area contributed by atoms with Crippen LogP contribution in [0, 0.1) is 6.92 Å². The molecule has 5 rings (SSSR count). The topological polar surface area (TPSA) is 13.1 Å². The van der Waals surface area contributed by atoms with Crippen LogP contribution in [0.4, 0.5) is 0 Å². The van der Waals surface area contributed by atoms with Crippen LogP contribution in [-0.2, 0) is 0 Å². The Morgan fingerprint density at radius 1 is 0.667 bits per heavy atom. The highest BCUT2D eigenvalue weighted by molar-refractivity contribution is 6.08. The van der Waals surface area contributed by atoms with Gasteiger partial charge in [-0.3, -0.25) is 0 Å². The van der Waals surface area contributed by atoms with E-state index in [4.69, 9.17) is 4.42 Å². The molecular formula is C23H16O. The van der Waals surface area contributed by atoms with Gasteiger partial charge in [-0.15, -0.1) is 0 Å². The standard InChI is InChI=1S/C23H16O/c1-15-13-17(19-11-6-8-16-7-2-3-9-18(16)19)14-22-23(15)20-10-4-5-12-21(20)24-22/h2-14H,1H3. The fourth-order valence-electron chi connectivity index (χ4n) is 3.69. The molecule has 0 bridgehead atoms. The van der Waals surface area contributed by atoms with Crippen molar-refractivity contribution >= 4 is 32.7 Å². The Morgan fingerprint density at radius 2 is 1.42 bits per heavy atom. The Labute approximate surface area is 140 Å². The third-order valence-corrected chi connectivity index (χ3v) is 4.78. The monoisotopic (exact) mass is 308 g/mol. The molecule has 0 unspecified atom stereocenters. The zero-order valence-electron chi connectivity index (χ0n) is 13.4. The van der Waals surface area contributed by atoms with Gasteiger partial charge in [0.1, 0.15) is 11.2 Å². The van der Waals surface area contributed by atoms with Crippen LogP contribution in [0.5, 0.6) is 0 Å². The van der Waals surface area contributed by atoms with Gasteiger partial charge in [-0.25, -0.2) is 0 Å². The van der Waals surface area contributed by atoms with Crippen LogP contribution in [-0.4, -0.2) is 0 Å². The van der Waals surface area contributed by atoms with Crippen LogP contribution in [0.2, 0.25) is 0 Å². The largest absolute Gasteiger partial charge is 0.456 e. The Kier molecular flexibility index (Phi) is 2.77. The summed E-state index contributed by atoms with van der Waals surface area (Å²) in [6.07, 6.45) is 0. The molecule has 0 saturated carbocycles. The molecule has 0 aliphatic rings. The third kappa shape index (κ3) is 1.88. The molecular weight excluding hydrogens is 292 g/mol. The van der Waals surface area contributed by atoms with E-state index in [9.17, 15) is 0 Å². The van der Waals surface area contributed by atoms with Crippen molar-refractivity contribution in [1.29, 1.82) is 0 Å². The fourth-order valence-corrected chi connectivity index (χ4v) is 3.69. The lowest BCUT2D eigenvalue weighted by atomic mass is 9.95. The first-order valence-electron chi connectivity index (χ1n) is 8.21. The van der Waals surface area contributed by atoms with E-state index in [0.717, 1.165) is 11.2 Å². The molecule has 0 amide bonds. The maximum atomic E-state index is 6.11. The van der Waals surface area contributed by atoms with Crippen molar-refractivity contribution in [3.63, 3.8) is 0 Å². The minimum absolute atomic E-state index is 0.950. The first kappa shape index (κ1) is 13.4. The van der Waals surface area contributed by atoms with Crippen LogP contribution in [0.1, 0.15) is 5.56 Å². The Bertz CT molecular complexity index is 1210. The zero-order valence-corrected chi connectivity index (χ0v) is 13.4.